The van der Waals surface area contributed by atoms with E-state index in [-0.39, 0.29) is 47.8 Å². The van der Waals surface area contributed by atoms with Gasteiger partial charge in [0, 0.05) is 18.5 Å². The summed E-state index contributed by atoms with van der Waals surface area (Å²) in [5.74, 6) is -1.40. The molecule has 0 unspecified atom stereocenters. The lowest BCUT2D eigenvalue weighted by molar-refractivity contribution is -0.136. The first kappa shape index (κ1) is 26.5. The van der Waals surface area contributed by atoms with Crippen LogP contribution in [0.15, 0.2) is 47.4 Å². The molecule has 0 amide bonds. The molecule has 0 spiro atoms. The number of nitrogens with zero attached hydrogens (tertiary/aromatic N) is 3. The number of carboxylic acids is 1. The van der Waals surface area contributed by atoms with Crippen molar-refractivity contribution in [3.63, 3.8) is 0 Å². The number of carboxylic acid groups (broad SMARTS) is 1. The van der Waals surface area contributed by atoms with Gasteiger partial charge in [0.2, 0.25) is 10.0 Å². The van der Waals surface area contributed by atoms with Crippen molar-refractivity contribution in [2.75, 3.05) is 13.1 Å². The van der Waals surface area contributed by atoms with Crippen molar-refractivity contribution in [2.24, 2.45) is 11.8 Å². The van der Waals surface area contributed by atoms with Gasteiger partial charge in [0.15, 0.2) is 0 Å². The highest BCUT2D eigenvalue weighted by atomic mass is 32.2. The molecule has 38 heavy (non-hydrogen) atoms. The molecular formula is C26H28F3N3O5S. The maximum Gasteiger partial charge on any atom is 0.387 e. The number of benzene rings is 2. The van der Waals surface area contributed by atoms with Crippen LogP contribution in [-0.4, -0.2) is 53.3 Å². The van der Waals surface area contributed by atoms with Crippen LogP contribution < -0.4 is 4.74 Å². The Hall–Kier alpha value is -3.12. The quantitative estimate of drug-likeness (QED) is 0.408. The molecule has 8 nitrogen and oxygen atoms in total. The average molecular weight is 552 g/mol. The number of sulfonamides is 1. The van der Waals surface area contributed by atoms with Gasteiger partial charge in [-0.05, 0) is 60.7 Å². The maximum atomic E-state index is 14.1. The third kappa shape index (κ3) is 5.37. The van der Waals surface area contributed by atoms with Crippen LogP contribution in [0.1, 0.15) is 43.8 Å². The summed E-state index contributed by atoms with van der Waals surface area (Å²) in [6.45, 7) is -2.69. The molecule has 2 fully saturated rings. The predicted molar refractivity (Wildman–Crippen MR) is 132 cm³/mol. The van der Waals surface area contributed by atoms with Crippen molar-refractivity contribution in [3.8, 4) is 5.75 Å². The lowest BCUT2D eigenvalue weighted by Gasteiger charge is -2.22. The van der Waals surface area contributed by atoms with Gasteiger partial charge in [-0.1, -0.05) is 25.7 Å². The summed E-state index contributed by atoms with van der Waals surface area (Å²) in [5, 5.41) is 14.3. The predicted octanol–water partition coefficient (Wildman–Crippen LogP) is 4.85. The van der Waals surface area contributed by atoms with Gasteiger partial charge < -0.3 is 9.84 Å². The van der Waals surface area contributed by atoms with Crippen molar-refractivity contribution in [1.82, 2.24) is 14.1 Å². The minimum absolute atomic E-state index is 0.0432. The highest BCUT2D eigenvalue weighted by Crippen LogP contribution is 2.41. The zero-order valence-corrected chi connectivity index (χ0v) is 21.3. The molecule has 2 heterocycles. The zero-order chi connectivity index (χ0) is 27.0. The number of rotatable bonds is 9. The highest BCUT2D eigenvalue weighted by Gasteiger charge is 2.42. The lowest BCUT2D eigenvalue weighted by Crippen LogP contribution is -2.29. The number of ether oxygens (including phenoxy) is 1. The molecule has 5 rings (SSSR count). The fraction of sp³-hybridized carbons (Fsp3) is 0.462. The fourth-order valence-corrected chi connectivity index (χ4v) is 7.36. The van der Waals surface area contributed by atoms with Gasteiger partial charge in [-0.15, -0.1) is 0 Å². The molecular weight excluding hydrogens is 523 g/mol. The number of carbonyl (C=O) groups is 1. The lowest BCUT2D eigenvalue weighted by atomic mass is 9.90. The Morgan fingerprint density at radius 2 is 1.82 bits per heavy atom. The second-order valence-corrected chi connectivity index (χ2v) is 11.9. The van der Waals surface area contributed by atoms with E-state index in [4.69, 9.17) is 0 Å². The molecule has 2 aliphatic rings. The molecule has 2 atom stereocenters. The van der Waals surface area contributed by atoms with E-state index < -0.39 is 28.4 Å². The number of hydrogen-bond acceptors (Lipinski definition) is 5. The summed E-state index contributed by atoms with van der Waals surface area (Å²) in [6.07, 6.45) is 4.79. The van der Waals surface area contributed by atoms with Gasteiger partial charge in [-0.25, -0.2) is 12.8 Å². The monoisotopic (exact) mass is 551 g/mol. The van der Waals surface area contributed by atoms with Crippen molar-refractivity contribution >= 4 is 26.9 Å². The van der Waals surface area contributed by atoms with E-state index in [1.807, 2.05) is 0 Å². The molecule has 3 aromatic rings. The van der Waals surface area contributed by atoms with Gasteiger partial charge >= 0.3 is 12.6 Å². The summed E-state index contributed by atoms with van der Waals surface area (Å²) >= 11 is 0. The van der Waals surface area contributed by atoms with Crippen LogP contribution in [0.5, 0.6) is 5.75 Å². The Kier molecular flexibility index (Phi) is 7.36. The number of aromatic nitrogens is 2. The summed E-state index contributed by atoms with van der Waals surface area (Å²) in [5.41, 5.74) is 0.777. The Morgan fingerprint density at radius 3 is 2.47 bits per heavy atom. The van der Waals surface area contributed by atoms with Crippen LogP contribution in [0.25, 0.3) is 10.9 Å². The molecule has 1 aliphatic heterocycles. The summed E-state index contributed by atoms with van der Waals surface area (Å²) in [6, 6.07) is 8.56. The molecule has 0 radical (unpaired) electrons. The van der Waals surface area contributed by atoms with Crippen LogP contribution in [-0.2, 0) is 21.2 Å². The molecule has 1 aliphatic carbocycles. The van der Waals surface area contributed by atoms with Crippen molar-refractivity contribution in [1.29, 1.82) is 0 Å². The standard InChI is InChI=1S/C26H28F3N3O5S/c27-18-5-10-23-21(12-18)22(13-25(33)34)30-32(23)24-15-31(14-17(24)11-16-3-1-2-4-16)38(35,36)20-8-6-19(7-9-20)37-26(28)29/h5-10,12,16-17,24,26H,1-4,11,13-15H2,(H,33,34)/t17-,24+/m1/s1. The second-order valence-electron chi connectivity index (χ2n) is 10.0. The Balaban J connectivity index is 1.50. The molecule has 1 N–H and O–H groups in total. The topological polar surface area (TPSA) is 102 Å². The van der Waals surface area contributed by atoms with Crippen molar-refractivity contribution < 1.29 is 36.2 Å². The smallest absolute Gasteiger partial charge is 0.387 e. The SMILES string of the molecule is O=C(O)Cc1nn([C@H]2CN(S(=O)(=O)c3ccc(OC(F)F)cc3)C[C@H]2CC2CCCC2)c2ccc(F)cc12. The molecule has 12 heteroatoms. The van der Waals surface area contributed by atoms with E-state index in [9.17, 15) is 31.5 Å². The summed E-state index contributed by atoms with van der Waals surface area (Å²) in [7, 11) is -3.97. The Bertz CT molecular complexity index is 1420. The van der Waals surface area contributed by atoms with Crippen LogP contribution in [0.4, 0.5) is 13.2 Å². The molecule has 0 bridgehead atoms. The first-order chi connectivity index (χ1) is 18.1. The molecule has 1 aromatic heterocycles. The molecule has 1 saturated carbocycles. The minimum Gasteiger partial charge on any atom is -0.481 e. The van der Waals surface area contributed by atoms with Gasteiger partial charge in [-0.2, -0.15) is 18.2 Å². The zero-order valence-electron chi connectivity index (χ0n) is 20.5. The maximum absolute atomic E-state index is 14.1. The van der Waals surface area contributed by atoms with Crippen LogP contribution in [0.3, 0.4) is 0 Å². The number of aliphatic carboxylic acids is 1. The van der Waals surface area contributed by atoms with E-state index in [2.05, 4.69) is 9.84 Å². The first-order valence-electron chi connectivity index (χ1n) is 12.6. The van der Waals surface area contributed by atoms with E-state index in [1.54, 1.807) is 10.7 Å². The highest BCUT2D eigenvalue weighted by molar-refractivity contribution is 7.89. The number of halogens is 3. The first-order valence-corrected chi connectivity index (χ1v) is 14.0. The molecule has 204 valence electrons. The fourth-order valence-electron chi connectivity index (χ4n) is 5.84. The summed E-state index contributed by atoms with van der Waals surface area (Å²) < 4.78 is 73.6. The van der Waals surface area contributed by atoms with E-state index in [0.717, 1.165) is 32.1 Å². The van der Waals surface area contributed by atoms with E-state index in [1.165, 1.54) is 40.7 Å². The van der Waals surface area contributed by atoms with E-state index in [0.29, 0.717) is 16.8 Å². The number of hydrogen-bond donors (Lipinski definition) is 1. The third-order valence-electron chi connectivity index (χ3n) is 7.55. The Morgan fingerprint density at radius 1 is 1.11 bits per heavy atom. The average Bonchev–Trinajstić information content (AvgIpc) is 3.59. The Labute approximate surface area is 218 Å². The molecule has 2 aromatic carbocycles. The normalized spacial score (nSPS) is 21.1. The molecule has 1 saturated heterocycles. The van der Waals surface area contributed by atoms with Gasteiger partial charge in [0.1, 0.15) is 11.6 Å². The van der Waals surface area contributed by atoms with Crippen molar-refractivity contribution in [2.45, 2.75) is 56.1 Å². The number of alkyl halides is 2. The summed E-state index contributed by atoms with van der Waals surface area (Å²) in [4.78, 5) is 11.4. The van der Waals surface area contributed by atoms with Crippen LogP contribution >= 0.6 is 0 Å². The van der Waals surface area contributed by atoms with Crippen LogP contribution in [0, 0.1) is 17.7 Å². The van der Waals surface area contributed by atoms with Gasteiger partial charge in [0.25, 0.3) is 0 Å². The van der Waals surface area contributed by atoms with Crippen LogP contribution in [0.2, 0.25) is 0 Å². The second kappa shape index (κ2) is 10.6. The van der Waals surface area contributed by atoms with Gasteiger partial charge in [-0.3, -0.25) is 9.48 Å². The van der Waals surface area contributed by atoms with Gasteiger partial charge in [0.05, 0.1) is 28.6 Å². The minimum atomic E-state index is -3.97. The largest absolute Gasteiger partial charge is 0.481 e. The number of fused-ring (bicyclic) bond motifs is 1. The third-order valence-corrected chi connectivity index (χ3v) is 9.39. The van der Waals surface area contributed by atoms with E-state index >= 15 is 0 Å². The van der Waals surface area contributed by atoms with Crippen molar-refractivity contribution in [3.05, 3.63) is 54.0 Å².